The number of aliphatic hydroxyl groups is 1. The summed E-state index contributed by atoms with van der Waals surface area (Å²) in [6.07, 6.45) is 3.32. The minimum absolute atomic E-state index is 0.285. The Morgan fingerprint density at radius 2 is 2.00 bits per heavy atom. The summed E-state index contributed by atoms with van der Waals surface area (Å²) in [6, 6.07) is 9.29. The van der Waals surface area contributed by atoms with Crippen LogP contribution in [0.25, 0.3) is 0 Å². The fourth-order valence-electron chi connectivity index (χ4n) is 2.67. The van der Waals surface area contributed by atoms with Crippen LogP contribution < -0.4 is 0 Å². The molecule has 1 aromatic rings. The van der Waals surface area contributed by atoms with Gasteiger partial charge in [0.25, 0.3) is 0 Å². The third-order valence-corrected chi connectivity index (χ3v) is 3.81. The van der Waals surface area contributed by atoms with E-state index in [-0.39, 0.29) is 6.10 Å². The molecule has 2 unspecified atom stereocenters. The van der Waals surface area contributed by atoms with Gasteiger partial charge in [-0.2, -0.15) is 0 Å². The summed E-state index contributed by atoms with van der Waals surface area (Å²) >= 11 is 0. The van der Waals surface area contributed by atoms with Crippen molar-refractivity contribution in [3.8, 4) is 0 Å². The van der Waals surface area contributed by atoms with Gasteiger partial charge in [-0.05, 0) is 37.4 Å². The molecule has 2 heteroatoms. The maximum absolute atomic E-state index is 10.2. The van der Waals surface area contributed by atoms with Crippen molar-refractivity contribution in [3.63, 3.8) is 0 Å². The lowest BCUT2D eigenvalue weighted by molar-refractivity contribution is 0.0718. The smallest absolute Gasteiger partial charge is 0.0951 e. The molecule has 2 atom stereocenters. The quantitative estimate of drug-likeness (QED) is 0.791. The predicted molar refractivity (Wildman–Crippen MR) is 59.7 cm³/mol. The Balaban J connectivity index is 1.85. The van der Waals surface area contributed by atoms with Gasteiger partial charge >= 0.3 is 0 Å². The van der Waals surface area contributed by atoms with Gasteiger partial charge in [0.15, 0.2) is 0 Å². The van der Waals surface area contributed by atoms with Crippen molar-refractivity contribution in [1.82, 2.24) is 4.90 Å². The lowest BCUT2D eigenvalue weighted by Crippen LogP contribution is -2.36. The molecule has 1 fully saturated rings. The fraction of sp³-hybridized carbons (Fsp3) is 0.538. The van der Waals surface area contributed by atoms with Crippen LogP contribution in [0.3, 0.4) is 0 Å². The standard InChI is InChI=1S/C13H17NO/c1-14(10-6-7-10)12-8-9-4-2-3-5-11(9)13(12)15/h2-5,10,12-13,15H,6-8H2,1H3. The number of nitrogens with zero attached hydrogens (tertiary/aromatic N) is 1. The number of fused-ring (bicyclic) bond motifs is 1. The molecule has 1 aromatic carbocycles. The van der Waals surface area contributed by atoms with Crippen molar-refractivity contribution >= 4 is 0 Å². The Morgan fingerprint density at radius 3 is 2.67 bits per heavy atom. The highest BCUT2D eigenvalue weighted by molar-refractivity contribution is 5.36. The molecule has 2 aliphatic carbocycles. The number of rotatable bonds is 2. The summed E-state index contributed by atoms with van der Waals surface area (Å²) in [7, 11) is 2.15. The molecule has 0 saturated heterocycles. The maximum atomic E-state index is 10.2. The molecular formula is C13H17NO. The van der Waals surface area contributed by atoms with Gasteiger partial charge in [-0.25, -0.2) is 0 Å². The summed E-state index contributed by atoms with van der Waals surface area (Å²) in [5, 5.41) is 10.2. The topological polar surface area (TPSA) is 23.5 Å². The number of likely N-dealkylation sites (N-methyl/N-ethyl adjacent to an activating group) is 1. The number of hydrogen-bond acceptors (Lipinski definition) is 2. The Kier molecular flexibility index (Phi) is 2.08. The summed E-state index contributed by atoms with van der Waals surface area (Å²) < 4.78 is 0. The average molecular weight is 203 g/mol. The molecule has 0 amide bonds. The lowest BCUT2D eigenvalue weighted by Gasteiger charge is -2.26. The van der Waals surface area contributed by atoms with Crippen molar-refractivity contribution in [3.05, 3.63) is 35.4 Å². The molecule has 2 aliphatic rings. The zero-order chi connectivity index (χ0) is 10.4. The third-order valence-electron chi connectivity index (χ3n) is 3.81. The van der Waals surface area contributed by atoms with Crippen LogP contribution in [0.2, 0.25) is 0 Å². The highest BCUT2D eigenvalue weighted by Crippen LogP contribution is 2.38. The summed E-state index contributed by atoms with van der Waals surface area (Å²) in [6.45, 7) is 0. The Labute approximate surface area is 90.5 Å². The van der Waals surface area contributed by atoms with Gasteiger partial charge in [0.05, 0.1) is 6.10 Å². The molecule has 2 nitrogen and oxygen atoms in total. The Morgan fingerprint density at radius 1 is 1.27 bits per heavy atom. The van der Waals surface area contributed by atoms with E-state index in [2.05, 4.69) is 30.1 Å². The Bertz CT molecular complexity index is 373. The molecule has 1 saturated carbocycles. The van der Waals surface area contributed by atoms with Gasteiger partial charge in [-0.3, -0.25) is 4.90 Å². The van der Waals surface area contributed by atoms with E-state index in [0.29, 0.717) is 6.04 Å². The Hall–Kier alpha value is -0.860. The molecule has 0 spiro atoms. The van der Waals surface area contributed by atoms with Crippen molar-refractivity contribution in [2.45, 2.75) is 37.5 Å². The minimum atomic E-state index is -0.285. The zero-order valence-electron chi connectivity index (χ0n) is 9.06. The van der Waals surface area contributed by atoms with Crippen LogP contribution in [0, 0.1) is 0 Å². The second-order valence-corrected chi connectivity index (χ2v) is 4.81. The molecule has 0 heterocycles. The highest BCUT2D eigenvalue weighted by atomic mass is 16.3. The first kappa shape index (κ1) is 9.37. The first-order valence-electron chi connectivity index (χ1n) is 5.75. The molecule has 3 rings (SSSR count). The van der Waals surface area contributed by atoms with E-state index in [1.165, 1.54) is 18.4 Å². The van der Waals surface area contributed by atoms with Crippen LogP contribution in [-0.4, -0.2) is 29.1 Å². The van der Waals surface area contributed by atoms with E-state index in [9.17, 15) is 5.11 Å². The third kappa shape index (κ3) is 1.48. The predicted octanol–water partition coefficient (Wildman–Crippen LogP) is 1.74. The lowest BCUT2D eigenvalue weighted by atomic mass is 10.1. The van der Waals surface area contributed by atoms with Gasteiger partial charge in [0.1, 0.15) is 0 Å². The molecule has 0 aromatic heterocycles. The molecule has 0 aliphatic heterocycles. The van der Waals surface area contributed by atoms with Gasteiger partial charge in [0.2, 0.25) is 0 Å². The highest BCUT2D eigenvalue weighted by Gasteiger charge is 2.39. The van der Waals surface area contributed by atoms with Crippen LogP contribution in [0.1, 0.15) is 30.1 Å². The summed E-state index contributed by atoms with van der Waals surface area (Å²) in [5.74, 6) is 0. The summed E-state index contributed by atoms with van der Waals surface area (Å²) in [4.78, 5) is 2.37. The molecular weight excluding hydrogens is 186 g/mol. The molecule has 15 heavy (non-hydrogen) atoms. The maximum Gasteiger partial charge on any atom is 0.0951 e. The van der Waals surface area contributed by atoms with Crippen LogP contribution in [0.15, 0.2) is 24.3 Å². The van der Waals surface area contributed by atoms with Gasteiger partial charge in [-0.1, -0.05) is 24.3 Å². The minimum Gasteiger partial charge on any atom is -0.387 e. The molecule has 1 N–H and O–H groups in total. The molecule has 0 bridgehead atoms. The van der Waals surface area contributed by atoms with Gasteiger partial charge in [-0.15, -0.1) is 0 Å². The van der Waals surface area contributed by atoms with Crippen molar-refractivity contribution in [2.75, 3.05) is 7.05 Å². The van der Waals surface area contributed by atoms with Crippen molar-refractivity contribution < 1.29 is 5.11 Å². The van der Waals surface area contributed by atoms with Gasteiger partial charge in [0, 0.05) is 12.1 Å². The van der Waals surface area contributed by atoms with E-state index in [0.717, 1.165) is 18.0 Å². The summed E-state index contributed by atoms with van der Waals surface area (Å²) in [5.41, 5.74) is 2.46. The zero-order valence-corrected chi connectivity index (χ0v) is 9.06. The largest absolute Gasteiger partial charge is 0.387 e. The van der Waals surface area contributed by atoms with E-state index in [1.807, 2.05) is 6.07 Å². The van der Waals surface area contributed by atoms with Crippen LogP contribution in [0.4, 0.5) is 0 Å². The average Bonchev–Trinajstić information content (AvgIpc) is 3.04. The van der Waals surface area contributed by atoms with Crippen LogP contribution >= 0.6 is 0 Å². The number of hydrogen-bond donors (Lipinski definition) is 1. The SMILES string of the molecule is CN(C1CC1)C1Cc2ccccc2C1O. The second-order valence-electron chi connectivity index (χ2n) is 4.81. The second kappa shape index (κ2) is 3.32. The van der Waals surface area contributed by atoms with Crippen LogP contribution in [0.5, 0.6) is 0 Å². The van der Waals surface area contributed by atoms with E-state index in [4.69, 9.17) is 0 Å². The van der Waals surface area contributed by atoms with E-state index < -0.39 is 0 Å². The number of aliphatic hydroxyl groups excluding tert-OH is 1. The van der Waals surface area contributed by atoms with E-state index >= 15 is 0 Å². The first-order valence-corrected chi connectivity index (χ1v) is 5.75. The van der Waals surface area contributed by atoms with Crippen LogP contribution in [-0.2, 0) is 6.42 Å². The number of benzene rings is 1. The van der Waals surface area contributed by atoms with Gasteiger partial charge < -0.3 is 5.11 Å². The first-order chi connectivity index (χ1) is 7.27. The molecule has 80 valence electrons. The van der Waals surface area contributed by atoms with Crippen molar-refractivity contribution in [1.29, 1.82) is 0 Å². The normalized spacial score (nSPS) is 29.5. The van der Waals surface area contributed by atoms with Crippen molar-refractivity contribution in [2.24, 2.45) is 0 Å². The fourth-order valence-corrected chi connectivity index (χ4v) is 2.67. The monoisotopic (exact) mass is 203 g/mol. The van der Waals surface area contributed by atoms with E-state index in [1.54, 1.807) is 0 Å². The molecule has 0 radical (unpaired) electrons.